The predicted molar refractivity (Wildman–Crippen MR) is 81.2 cm³/mol. The van der Waals surface area contributed by atoms with Crippen molar-refractivity contribution < 1.29 is 19.5 Å². The van der Waals surface area contributed by atoms with Crippen molar-refractivity contribution in [1.29, 1.82) is 0 Å². The first-order valence-corrected chi connectivity index (χ1v) is 8.22. The van der Waals surface area contributed by atoms with Gasteiger partial charge in [0.1, 0.15) is 5.54 Å². The van der Waals surface area contributed by atoms with Crippen LogP contribution in [0.25, 0.3) is 0 Å². The van der Waals surface area contributed by atoms with Crippen LogP contribution < -0.4 is 0 Å². The van der Waals surface area contributed by atoms with E-state index < -0.39 is 11.5 Å². The summed E-state index contributed by atoms with van der Waals surface area (Å²) in [6.07, 6.45) is 4.08. The topological polar surface area (TPSA) is 77.9 Å². The van der Waals surface area contributed by atoms with Gasteiger partial charge in [-0.05, 0) is 39.0 Å². The first-order chi connectivity index (χ1) is 10.4. The minimum Gasteiger partial charge on any atom is -0.480 e. The van der Waals surface area contributed by atoms with Gasteiger partial charge in [0.2, 0.25) is 11.8 Å². The molecular formula is C16H26N2O4. The molecule has 2 fully saturated rings. The van der Waals surface area contributed by atoms with Crippen LogP contribution in [0.5, 0.6) is 0 Å². The van der Waals surface area contributed by atoms with Gasteiger partial charge in [-0.15, -0.1) is 0 Å². The fourth-order valence-electron chi connectivity index (χ4n) is 3.54. The Bertz CT molecular complexity index is 465. The van der Waals surface area contributed by atoms with Gasteiger partial charge in [-0.2, -0.15) is 0 Å². The van der Waals surface area contributed by atoms with Crippen molar-refractivity contribution in [2.24, 2.45) is 5.92 Å². The van der Waals surface area contributed by atoms with Crippen LogP contribution in [0.3, 0.4) is 0 Å². The quantitative estimate of drug-likeness (QED) is 0.853. The van der Waals surface area contributed by atoms with E-state index in [2.05, 4.69) is 0 Å². The van der Waals surface area contributed by atoms with Crippen LogP contribution in [0.15, 0.2) is 0 Å². The second-order valence-corrected chi connectivity index (χ2v) is 6.60. The molecule has 0 radical (unpaired) electrons. The molecule has 0 aliphatic carbocycles. The Morgan fingerprint density at radius 3 is 2.59 bits per heavy atom. The summed E-state index contributed by atoms with van der Waals surface area (Å²) < 4.78 is 0. The number of aliphatic carboxylic acids is 1. The second-order valence-electron chi connectivity index (χ2n) is 6.60. The highest BCUT2D eigenvalue weighted by atomic mass is 16.4. The Balaban J connectivity index is 2.06. The van der Waals surface area contributed by atoms with Gasteiger partial charge in [-0.1, -0.05) is 6.92 Å². The van der Waals surface area contributed by atoms with Crippen LogP contribution in [-0.4, -0.2) is 57.9 Å². The zero-order chi connectivity index (χ0) is 16.3. The summed E-state index contributed by atoms with van der Waals surface area (Å²) in [6.45, 7) is 5.24. The number of carbonyl (C=O) groups is 3. The van der Waals surface area contributed by atoms with E-state index in [0.29, 0.717) is 32.5 Å². The predicted octanol–water partition coefficient (Wildman–Crippen LogP) is 1.49. The Morgan fingerprint density at radius 1 is 1.23 bits per heavy atom. The number of amides is 2. The SMILES string of the molecule is CCCC(=O)N1CCCC(C(=O)N2CCCC2(C)C(=O)O)C1. The minimum absolute atomic E-state index is 0.0995. The Labute approximate surface area is 131 Å². The van der Waals surface area contributed by atoms with Crippen molar-refractivity contribution in [3.63, 3.8) is 0 Å². The summed E-state index contributed by atoms with van der Waals surface area (Å²) in [5.41, 5.74) is -1.09. The molecule has 2 amide bonds. The second kappa shape index (κ2) is 6.67. The molecule has 0 aromatic carbocycles. The van der Waals surface area contributed by atoms with Crippen LogP contribution in [0.1, 0.15) is 52.4 Å². The number of carbonyl (C=O) groups excluding carboxylic acids is 2. The lowest BCUT2D eigenvalue weighted by Crippen LogP contribution is -2.55. The average Bonchev–Trinajstić information content (AvgIpc) is 2.90. The monoisotopic (exact) mass is 310 g/mol. The highest BCUT2D eigenvalue weighted by Gasteiger charge is 2.47. The number of nitrogens with zero attached hydrogens (tertiary/aromatic N) is 2. The van der Waals surface area contributed by atoms with Crippen molar-refractivity contribution in [2.75, 3.05) is 19.6 Å². The van der Waals surface area contributed by atoms with Gasteiger partial charge in [-0.25, -0.2) is 4.79 Å². The van der Waals surface area contributed by atoms with E-state index >= 15 is 0 Å². The van der Waals surface area contributed by atoms with Gasteiger partial charge in [0, 0.05) is 26.1 Å². The lowest BCUT2D eigenvalue weighted by molar-refractivity contribution is -0.158. The summed E-state index contributed by atoms with van der Waals surface area (Å²) >= 11 is 0. The number of piperidine rings is 1. The third-order valence-corrected chi connectivity index (χ3v) is 4.96. The number of likely N-dealkylation sites (tertiary alicyclic amines) is 2. The van der Waals surface area contributed by atoms with E-state index in [0.717, 1.165) is 25.7 Å². The number of carboxylic acid groups (broad SMARTS) is 1. The van der Waals surface area contributed by atoms with E-state index in [9.17, 15) is 19.5 Å². The van der Waals surface area contributed by atoms with Gasteiger partial charge in [0.25, 0.3) is 0 Å². The Morgan fingerprint density at radius 2 is 1.95 bits per heavy atom. The minimum atomic E-state index is -1.09. The molecule has 2 saturated heterocycles. The Kier molecular flexibility index (Phi) is 5.08. The summed E-state index contributed by atoms with van der Waals surface area (Å²) in [5.74, 6) is -1.20. The maximum absolute atomic E-state index is 12.8. The molecule has 0 bridgehead atoms. The third-order valence-electron chi connectivity index (χ3n) is 4.96. The molecule has 2 aliphatic rings. The third kappa shape index (κ3) is 3.10. The van der Waals surface area contributed by atoms with Crippen molar-refractivity contribution in [1.82, 2.24) is 9.80 Å². The van der Waals surface area contributed by atoms with Crippen LogP contribution in [0.2, 0.25) is 0 Å². The molecule has 1 N–H and O–H groups in total. The molecule has 2 heterocycles. The number of hydrogen-bond acceptors (Lipinski definition) is 3. The smallest absolute Gasteiger partial charge is 0.329 e. The number of rotatable bonds is 4. The van der Waals surface area contributed by atoms with Gasteiger partial charge >= 0.3 is 5.97 Å². The van der Waals surface area contributed by atoms with Crippen LogP contribution in [0.4, 0.5) is 0 Å². The van der Waals surface area contributed by atoms with Crippen molar-refractivity contribution >= 4 is 17.8 Å². The maximum atomic E-state index is 12.8. The fourth-order valence-corrected chi connectivity index (χ4v) is 3.54. The highest BCUT2D eigenvalue weighted by molar-refractivity contribution is 5.89. The van der Waals surface area contributed by atoms with E-state index in [1.165, 1.54) is 4.90 Å². The molecule has 0 aromatic rings. The molecule has 2 aliphatic heterocycles. The molecule has 6 nitrogen and oxygen atoms in total. The van der Waals surface area contributed by atoms with Crippen LogP contribution in [0, 0.1) is 5.92 Å². The first kappa shape index (κ1) is 16.8. The van der Waals surface area contributed by atoms with E-state index in [-0.39, 0.29) is 17.7 Å². The molecule has 0 saturated carbocycles. The standard InChI is InChI=1S/C16H26N2O4/c1-3-6-13(19)17-9-4-7-12(11-17)14(20)18-10-5-8-16(18,2)15(21)22/h12H,3-11H2,1-2H3,(H,21,22). The molecule has 0 spiro atoms. The highest BCUT2D eigenvalue weighted by Crippen LogP contribution is 2.32. The molecule has 0 aromatic heterocycles. The molecule has 2 unspecified atom stereocenters. The lowest BCUT2D eigenvalue weighted by Gasteiger charge is -2.38. The number of carboxylic acids is 1. The summed E-state index contributed by atoms with van der Waals surface area (Å²) in [4.78, 5) is 39.6. The average molecular weight is 310 g/mol. The summed E-state index contributed by atoms with van der Waals surface area (Å²) in [5, 5.41) is 9.44. The van der Waals surface area contributed by atoms with Gasteiger partial charge in [0.15, 0.2) is 0 Å². The van der Waals surface area contributed by atoms with Crippen LogP contribution >= 0.6 is 0 Å². The van der Waals surface area contributed by atoms with Crippen LogP contribution in [-0.2, 0) is 14.4 Å². The maximum Gasteiger partial charge on any atom is 0.329 e. The molecular weight excluding hydrogens is 284 g/mol. The van der Waals surface area contributed by atoms with Crippen molar-refractivity contribution in [3.8, 4) is 0 Å². The normalized spacial score (nSPS) is 28.7. The van der Waals surface area contributed by atoms with Crippen molar-refractivity contribution in [3.05, 3.63) is 0 Å². The van der Waals surface area contributed by atoms with Crippen molar-refractivity contribution in [2.45, 2.75) is 57.9 Å². The molecule has 6 heteroatoms. The molecule has 2 atom stereocenters. The van der Waals surface area contributed by atoms with Gasteiger partial charge in [0.05, 0.1) is 5.92 Å². The zero-order valence-electron chi connectivity index (χ0n) is 13.5. The van der Waals surface area contributed by atoms with E-state index in [4.69, 9.17) is 0 Å². The largest absolute Gasteiger partial charge is 0.480 e. The van der Waals surface area contributed by atoms with E-state index in [1.54, 1.807) is 11.8 Å². The molecule has 22 heavy (non-hydrogen) atoms. The first-order valence-electron chi connectivity index (χ1n) is 8.22. The Hall–Kier alpha value is -1.59. The fraction of sp³-hybridized carbons (Fsp3) is 0.812. The van der Waals surface area contributed by atoms with Gasteiger partial charge in [-0.3, -0.25) is 9.59 Å². The molecule has 2 rings (SSSR count). The summed E-state index contributed by atoms with van der Waals surface area (Å²) in [6, 6.07) is 0. The summed E-state index contributed by atoms with van der Waals surface area (Å²) in [7, 11) is 0. The zero-order valence-corrected chi connectivity index (χ0v) is 13.5. The van der Waals surface area contributed by atoms with E-state index in [1.807, 2.05) is 6.92 Å². The molecule has 124 valence electrons. The lowest BCUT2D eigenvalue weighted by atomic mass is 9.93. The van der Waals surface area contributed by atoms with Gasteiger partial charge < -0.3 is 14.9 Å². The number of hydrogen-bond donors (Lipinski definition) is 1.